The number of rotatable bonds is 3. The lowest BCUT2D eigenvalue weighted by Crippen LogP contribution is -2.38. The van der Waals surface area contributed by atoms with Crippen molar-refractivity contribution in [2.24, 2.45) is 0 Å². The number of carbonyl (C=O) groups is 1. The molecule has 1 aromatic rings. The summed E-state index contributed by atoms with van der Waals surface area (Å²) in [4.78, 5) is 14.2. The highest BCUT2D eigenvalue weighted by molar-refractivity contribution is 6.30. The van der Waals surface area contributed by atoms with E-state index in [0.717, 1.165) is 24.2 Å². The van der Waals surface area contributed by atoms with E-state index in [2.05, 4.69) is 5.32 Å². The number of nitrogens with one attached hydrogen (secondary N) is 1. The highest BCUT2D eigenvalue weighted by atomic mass is 35.5. The van der Waals surface area contributed by atoms with Crippen molar-refractivity contribution in [1.82, 2.24) is 10.2 Å². The Morgan fingerprint density at radius 3 is 2.37 bits per heavy atom. The van der Waals surface area contributed by atoms with Gasteiger partial charge in [0.2, 0.25) is 5.91 Å². The van der Waals surface area contributed by atoms with E-state index in [0.29, 0.717) is 5.02 Å². The monoisotopic (exact) mass is 278 g/mol. The number of halogens is 1. The third-order valence-electron chi connectivity index (χ3n) is 3.78. The normalized spacial score (nSPS) is 15.7. The van der Waals surface area contributed by atoms with E-state index in [1.807, 2.05) is 45.2 Å². The topological polar surface area (TPSA) is 32.3 Å². The largest absolute Gasteiger partial charge is 0.335 e. The summed E-state index contributed by atoms with van der Waals surface area (Å²) in [5.41, 5.74) is 3.16. The summed E-state index contributed by atoms with van der Waals surface area (Å²) in [6.07, 6.45) is 0. The first-order valence-corrected chi connectivity index (χ1v) is 6.80. The Morgan fingerprint density at radius 2 is 1.89 bits per heavy atom. The summed E-state index contributed by atoms with van der Waals surface area (Å²) in [6.45, 7) is 5.60. The number of carbonyl (C=O) groups excluding carboxylic acids is 1. The molecule has 4 heteroatoms. The lowest BCUT2D eigenvalue weighted by Gasteiger charge is -2.28. The van der Waals surface area contributed by atoms with Gasteiger partial charge in [0, 0.05) is 30.7 Å². The Morgan fingerprint density at radius 1 is 1.32 bits per heavy atom. The highest BCUT2D eigenvalue weighted by Crippen LogP contribution is 2.23. The molecule has 2 rings (SSSR count). The molecule has 1 atom stereocenters. The zero-order valence-corrected chi connectivity index (χ0v) is 12.3. The lowest BCUT2D eigenvalue weighted by molar-refractivity contribution is -0.127. The van der Waals surface area contributed by atoms with Gasteiger partial charge < -0.3 is 10.2 Å². The van der Waals surface area contributed by atoms with E-state index in [9.17, 15) is 4.79 Å². The van der Waals surface area contributed by atoms with Crippen molar-refractivity contribution in [2.45, 2.75) is 19.9 Å². The zero-order valence-electron chi connectivity index (χ0n) is 11.5. The number of hydrogen-bond donors (Lipinski definition) is 1. The van der Waals surface area contributed by atoms with Gasteiger partial charge in [0.1, 0.15) is 0 Å². The standard InChI is InChI=1S/C15H19ClN2O/c1-10(13-8-17-9-13)15(19)18(3)11(2)12-4-6-14(16)7-5-12/h4-7,11,17H,8-9H2,1-3H3. The molecule has 0 radical (unpaired) electrons. The van der Waals surface area contributed by atoms with Crippen molar-refractivity contribution >= 4 is 17.5 Å². The van der Waals surface area contributed by atoms with Crippen LogP contribution in [0.15, 0.2) is 35.4 Å². The summed E-state index contributed by atoms with van der Waals surface area (Å²) in [5, 5.41) is 3.87. The third kappa shape index (κ3) is 2.99. The summed E-state index contributed by atoms with van der Waals surface area (Å²) in [7, 11) is 1.85. The van der Waals surface area contributed by atoms with Gasteiger partial charge in [-0.05, 0) is 37.1 Å². The van der Waals surface area contributed by atoms with Gasteiger partial charge in [-0.15, -0.1) is 0 Å². The Kier molecular flexibility index (Phi) is 4.27. The minimum Gasteiger partial charge on any atom is -0.335 e. The van der Waals surface area contributed by atoms with Crippen molar-refractivity contribution in [2.75, 3.05) is 20.1 Å². The molecule has 1 fully saturated rings. The van der Waals surface area contributed by atoms with E-state index >= 15 is 0 Å². The van der Waals surface area contributed by atoms with Crippen LogP contribution in [0.3, 0.4) is 0 Å². The van der Waals surface area contributed by atoms with Crippen LogP contribution in [0, 0.1) is 0 Å². The molecule has 0 aliphatic carbocycles. The molecule has 0 bridgehead atoms. The maximum Gasteiger partial charge on any atom is 0.249 e. The van der Waals surface area contributed by atoms with E-state index in [1.54, 1.807) is 4.90 Å². The van der Waals surface area contributed by atoms with Crippen molar-refractivity contribution in [3.8, 4) is 0 Å². The molecule has 102 valence electrons. The summed E-state index contributed by atoms with van der Waals surface area (Å²) < 4.78 is 0. The lowest BCUT2D eigenvalue weighted by atomic mass is 10.0. The second-order valence-corrected chi connectivity index (χ2v) is 5.41. The minimum atomic E-state index is 0.0355. The quantitative estimate of drug-likeness (QED) is 0.863. The predicted octanol–water partition coefficient (Wildman–Crippen LogP) is 2.78. The Hall–Kier alpha value is -1.32. The van der Waals surface area contributed by atoms with Gasteiger partial charge in [-0.3, -0.25) is 4.79 Å². The van der Waals surface area contributed by atoms with Crippen molar-refractivity contribution in [3.05, 3.63) is 46.0 Å². The molecule has 0 spiro atoms. The van der Waals surface area contributed by atoms with E-state index in [1.165, 1.54) is 5.57 Å². The maximum atomic E-state index is 12.4. The number of benzene rings is 1. The Bertz CT molecular complexity index is 501. The summed E-state index contributed by atoms with van der Waals surface area (Å²) in [6, 6.07) is 7.67. The highest BCUT2D eigenvalue weighted by Gasteiger charge is 2.22. The second-order valence-electron chi connectivity index (χ2n) is 4.98. The van der Waals surface area contributed by atoms with E-state index in [4.69, 9.17) is 11.6 Å². The molecule has 1 saturated heterocycles. The molecular weight excluding hydrogens is 260 g/mol. The van der Waals surface area contributed by atoms with Crippen LogP contribution in [0.4, 0.5) is 0 Å². The van der Waals surface area contributed by atoms with Gasteiger partial charge in [-0.25, -0.2) is 0 Å². The number of likely N-dealkylation sites (N-methyl/N-ethyl adjacent to an activating group) is 1. The van der Waals surface area contributed by atoms with Gasteiger partial charge in [0.25, 0.3) is 0 Å². The molecule has 0 saturated carbocycles. The van der Waals surface area contributed by atoms with Crippen LogP contribution in [-0.4, -0.2) is 30.9 Å². The smallest absolute Gasteiger partial charge is 0.249 e. The molecule has 1 aliphatic heterocycles. The first kappa shape index (κ1) is 14.1. The third-order valence-corrected chi connectivity index (χ3v) is 4.03. The predicted molar refractivity (Wildman–Crippen MR) is 78.2 cm³/mol. The molecular formula is C15H19ClN2O. The molecule has 1 amide bonds. The van der Waals surface area contributed by atoms with Crippen molar-refractivity contribution < 1.29 is 4.79 Å². The van der Waals surface area contributed by atoms with Crippen molar-refractivity contribution in [3.63, 3.8) is 0 Å². The zero-order chi connectivity index (χ0) is 14.0. The molecule has 0 aromatic heterocycles. The number of amides is 1. The maximum absolute atomic E-state index is 12.4. The van der Waals surface area contributed by atoms with Gasteiger partial charge in [0.15, 0.2) is 0 Å². The number of nitrogens with zero attached hydrogens (tertiary/aromatic N) is 1. The van der Waals surface area contributed by atoms with Crippen LogP contribution < -0.4 is 5.32 Å². The SMILES string of the molecule is CC(C(=O)N(C)C(C)c1ccc(Cl)cc1)=C1CNC1. The Labute approximate surface area is 119 Å². The summed E-state index contributed by atoms with van der Waals surface area (Å²) >= 11 is 5.88. The number of hydrogen-bond acceptors (Lipinski definition) is 2. The van der Waals surface area contributed by atoms with Crippen LogP contribution in [0.1, 0.15) is 25.5 Å². The van der Waals surface area contributed by atoms with Gasteiger partial charge in [0.05, 0.1) is 6.04 Å². The average Bonchev–Trinajstić information content (AvgIpc) is 2.35. The second kappa shape index (κ2) is 5.76. The fraction of sp³-hybridized carbons (Fsp3) is 0.400. The molecule has 3 nitrogen and oxygen atoms in total. The fourth-order valence-corrected chi connectivity index (χ4v) is 2.20. The minimum absolute atomic E-state index is 0.0355. The van der Waals surface area contributed by atoms with E-state index in [-0.39, 0.29) is 11.9 Å². The molecule has 1 N–H and O–H groups in total. The molecule has 19 heavy (non-hydrogen) atoms. The van der Waals surface area contributed by atoms with Gasteiger partial charge >= 0.3 is 0 Å². The van der Waals surface area contributed by atoms with Gasteiger partial charge in [-0.2, -0.15) is 0 Å². The molecule has 1 aromatic carbocycles. The van der Waals surface area contributed by atoms with Gasteiger partial charge in [-0.1, -0.05) is 23.7 Å². The molecule has 1 unspecified atom stereocenters. The average molecular weight is 279 g/mol. The first-order valence-electron chi connectivity index (χ1n) is 6.42. The van der Waals surface area contributed by atoms with Crippen LogP contribution in [0.5, 0.6) is 0 Å². The molecule has 1 aliphatic rings. The summed E-state index contributed by atoms with van der Waals surface area (Å²) in [5.74, 6) is 0.0963. The van der Waals surface area contributed by atoms with E-state index < -0.39 is 0 Å². The van der Waals surface area contributed by atoms with Crippen LogP contribution >= 0.6 is 11.6 Å². The van der Waals surface area contributed by atoms with Crippen LogP contribution in [-0.2, 0) is 4.79 Å². The first-order chi connectivity index (χ1) is 9.00. The Balaban J connectivity index is 2.12. The van der Waals surface area contributed by atoms with Crippen LogP contribution in [0.25, 0.3) is 0 Å². The van der Waals surface area contributed by atoms with Crippen LogP contribution in [0.2, 0.25) is 5.02 Å². The fourth-order valence-electron chi connectivity index (χ4n) is 2.07. The van der Waals surface area contributed by atoms with Crippen molar-refractivity contribution in [1.29, 1.82) is 0 Å². The molecule has 1 heterocycles.